The maximum absolute atomic E-state index is 5.64. The van der Waals surface area contributed by atoms with Gasteiger partial charge < -0.3 is 15.4 Å². The molecular formula is C19H21N5O. The second-order valence-corrected chi connectivity index (χ2v) is 5.81. The van der Waals surface area contributed by atoms with E-state index in [-0.39, 0.29) is 6.10 Å². The van der Waals surface area contributed by atoms with Crippen LogP contribution in [-0.4, -0.2) is 21.1 Å². The maximum atomic E-state index is 5.64. The van der Waals surface area contributed by atoms with Crippen LogP contribution in [0.15, 0.2) is 61.2 Å². The maximum Gasteiger partial charge on any atom is 0.135 e. The normalized spacial score (nSPS) is 10.5. The number of anilines is 3. The zero-order chi connectivity index (χ0) is 17.5. The monoisotopic (exact) mass is 335 g/mol. The van der Waals surface area contributed by atoms with E-state index in [4.69, 9.17) is 4.74 Å². The van der Waals surface area contributed by atoms with Crippen LogP contribution in [0.3, 0.4) is 0 Å². The average Bonchev–Trinajstić information content (AvgIpc) is 2.62. The summed E-state index contributed by atoms with van der Waals surface area (Å²) in [6.07, 6.45) is 5.25. The minimum absolute atomic E-state index is 0.162. The predicted octanol–water partition coefficient (Wildman–Crippen LogP) is 4.01. The van der Waals surface area contributed by atoms with Gasteiger partial charge in [0.05, 0.1) is 6.10 Å². The van der Waals surface area contributed by atoms with E-state index in [0.717, 1.165) is 28.6 Å². The second-order valence-electron chi connectivity index (χ2n) is 5.81. The van der Waals surface area contributed by atoms with Crippen LogP contribution in [0, 0.1) is 0 Å². The van der Waals surface area contributed by atoms with Crippen LogP contribution in [0.1, 0.15) is 19.4 Å². The molecule has 0 saturated heterocycles. The Balaban J connectivity index is 1.61. The number of hydrogen-bond acceptors (Lipinski definition) is 6. The number of hydrogen-bond donors (Lipinski definition) is 2. The molecule has 3 rings (SSSR count). The van der Waals surface area contributed by atoms with Crippen LogP contribution in [0.4, 0.5) is 17.3 Å². The largest absolute Gasteiger partial charge is 0.491 e. The Morgan fingerprint density at radius 1 is 0.960 bits per heavy atom. The van der Waals surface area contributed by atoms with Crippen molar-refractivity contribution in [2.75, 3.05) is 10.6 Å². The van der Waals surface area contributed by atoms with Crippen LogP contribution in [-0.2, 0) is 6.54 Å². The van der Waals surface area contributed by atoms with Crippen molar-refractivity contribution in [3.05, 3.63) is 66.7 Å². The van der Waals surface area contributed by atoms with Crippen molar-refractivity contribution in [1.82, 2.24) is 15.0 Å². The molecule has 1 aromatic carbocycles. The summed E-state index contributed by atoms with van der Waals surface area (Å²) in [5.41, 5.74) is 2.08. The third kappa shape index (κ3) is 5.17. The third-order valence-corrected chi connectivity index (χ3v) is 3.39. The summed E-state index contributed by atoms with van der Waals surface area (Å²) in [6.45, 7) is 4.70. The Morgan fingerprint density at radius 3 is 2.40 bits per heavy atom. The molecule has 0 aliphatic carbocycles. The molecule has 25 heavy (non-hydrogen) atoms. The lowest BCUT2D eigenvalue weighted by Gasteiger charge is -2.11. The number of nitrogens with zero attached hydrogens (tertiary/aromatic N) is 3. The van der Waals surface area contributed by atoms with Crippen molar-refractivity contribution in [3.8, 4) is 5.75 Å². The van der Waals surface area contributed by atoms with Crippen LogP contribution < -0.4 is 15.4 Å². The molecule has 2 heterocycles. The van der Waals surface area contributed by atoms with Crippen LogP contribution in [0.5, 0.6) is 5.75 Å². The Hall–Kier alpha value is -3.15. The zero-order valence-corrected chi connectivity index (χ0v) is 14.3. The molecule has 0 spiro atoms. The van der Waals surface area contributed by atoms with Gasteiger partial charge in [0.2, 0.25) is 0 Å². The molecule has 0 unspecified atom stereocenters. The highest BCUT2D eigenvalue weighted by atomic mass is 16.5. The van der Waals surface area contributed by atoms with E-state index in [2.05, 4.69) is 25.6 Å². The summed E-state index contributed by atoms with van der Waals surface area (Å²) >= 11 is 0. The van der Waals surface area contributed by atoms with Gasteiger partial charge >= 0.3 is 0 Å². The van der Waals surface area contributed by atoms with Crippen LogP contribution in [0.2, 0.25) is 0 Å². The van der Waals surface area contributed by atoms with Gasteiger partial charge in [0, 0.05) is 30.7 Å². The number of benzene rings is 1. The molecule has 0 bridgehead atoms. The minimum Gasteiger partial charge on any atom is -0.491 e. The van der Waals surface area contributed by atoms with Crippen molar-refractivity contribution >= 4 is 17.3 Å². The van der Waals surface area contributed by atoms with E-state index in [1.807, 2.05) is 56.3 Å². The first-order valence-corrected chi connectivity index (χ1v) is 8.17. The van der Waals surface area contributed by atoms with Gasteiger partial charge in [-0.15, -0.1) is 0 Å². The quantitative estimate of drug-likeness (QED) is 0.679. The fraction of sp³-hybridized carbons (Fsp3) is 0.211. The van der Waals surface area contributed by atoms with E-state index in [1.54, 1.807) is 12.4 Å². The highest BCUT2D eigenvalue weighted by molar-refractivity contribution is 5.59. The lowest BCUT2D eigenvalue weighted by molar-refractivity contribution is 0.242. The smallest absolute Gasteiger partial charge is 0.135 e. The molecule has 0 aliphatic heterocycles. The molecule has 2 aromatic heterocycles. The van der Waals surface area contributed by atoms with Gasteiger partial charge in [-0.2, -0.15) is 0 Å². The Morgan fingerprint density at radius 2 is 1.68 bits per heavy atom. The van der Waals surface area contributed by atoms with Gasteiger partial charge in [0.15, 0.2) is 0 Å². The highest BCUT2D eigenvalue weighted by Gasteiger charge is 2.02. The third-order valence-electron chi connectivity index (χ3n) is 3.39. The number of aromatic nitrogens is 3. The Bertz CT molecular complexity index is 790. The van der Waals surface area contributed by atoms with E-state index in [9.17, 15) is 0 Å². The summed E-state index contributed by atoms with van der Waals surface area (Å²) in [5, 5.41) is 6.55. The number of pyridine rings is 1. The van der Waals surface area contributed by atoms with E-state index in [0.29, 0.717) is 6.54 Å². The second kappa shape index (κ2) is 8.10. The molecule has 0 fully saturated rings. The van der Waals surface area contributed by atoms with Crippen molar-refractivity contribution < 1.29 is 4.74 Å². The number of nitrogens with one attached hydrogen (secondary N) is 2. The first-order chi connectivity index (χ1) is 12.2. The summed E-state index contributed by atoms with van der Waals surface area (Å²) in [6, 6.07) is 13.6. The first kappa shape index (κ1) is 16.7. The van der Waals surface area contributed by atoms with Gasteiger partial charge in [-0.3, -0.25) is 4.98 Å². The van der Waals surface area contributed by atoms with Gasteiger partial charge in [0.1, 0.15) is 23.7 Å². The first-order valence-electron chi connectivity index (χ1n) is 8.17. The predicted molar refractivity (Wildman–Crippen MR) is 99.1 cm³/mol. The van der Waals surface area contributed by atoms with Crippen molar-refractivity contribution in [1.29, 1.82) is 0 Å². The van der Waals surface area contributed by atoms with Crippen LogP contribution >= 0.6 is 0 Å². The lowest BCUT2D eigenvalue weighted by atomic mass is 10.3. The van der Waals surface area contributed by atoms with Crippen molar-refractivity contribution in [3.63, 3.8) is 0 Å². The minimum atomic E-state index is 0.162. The molecule has 0 aliphatic rings. The highest BCUT2D eigenvalue weighted by Crippen LogP contribution is 2.20. The Kier molecular flexibility index (Phi) is 5.41. The molecule has 0 saturated carbocycles. The fourth-order valence-electron chi connectivity index (χ4n) is 2.25. The van der Waals surface area contributed by atoms with Gasteiger partial charge in [-0.25, -0.2) is 9.97 Å². The summed E-state index contributed by atoms with van der Waals surface area (Å²) in [4.78, 5) is 12.5. The van der Waals surface area contributed by atoms with E-state index >= 15 is 0 Å². The molecular weight excluding hydrogens is 314 g/mol. The van der Waals surface area contributed by atoms with Gasteiger partial charge in [-0.05, 0) is 55.8 Å². The van der Waals surface area contributed by atoms with E-state index < -0.39 is 0 Å². The standard InChI is InChI=1S/C19H21N5O/c1-14(2)25-17-5-3-16(4-6-17)24-19-11-18(22-13-23-19)21-12-15-7-9-20-10-8-15/h3-11,13-14H,12H2,1-2H3,(H2,21,22,23,24). The Labute approximate surface area is 147 Å². The van der Waals surface area contributed by atoms with Gasteiger partial charge in [0.25, 0.3) is 0 Å². The average molecular weight is 335 g/mol. The SMILES string of the molecule is CC(C)Oc1ccc(Nc2cc(NCc3ccncc3)ncn2)cc1. The molecule has 0 amide bonds. The summed E-state index contributed by atoms with van der Waals surface area (Å²) in [7, 11) is 0. The van der Waals surface area contributed by atoms with E-state index in [1.165, 1.54) is 6.33 Å². The molecule has 128 valence electrons. The fourth-order valence-corrected chi connectivity index (χ4v) is 2.25. The summed E-state index contributed by atoms with van der Waals surface area (Å²) < 4.78 is 5.64. The van der Waals surface area contributed by atoms with Gasteiger partial charge in [-0.1, -0.05) is 0 Å². The molecule has 0 atom stereocenters. The lowest BCUT2D eigenvalue weighted by Crippen LogP contribution is -2.05. The molecule has 2 N–H and O–H groups in total. The molecule has 6 heteroatoms. The number of rotatable bonds is 7. The molecule has 0 radical (unpaired) electrons. The molecule has 3 aromatic rings. The topological polar surface area (TPSA) is 72.0 Å². The van der Waals surface area contributed by atoms with Crippen molar-refractivity contribution in [2.24, 2.45) is 0 Å². The van der Waals surface area contributed by atoms with Crippen molar-refractivity contribution in [2.45, 2.75) is 26.5 Å². The zero-order valence-electron chi connectivity index (χ0n) is 14.3. The number of ether oxygens (including phenoxy) is 1. The molecule has 6 nitrogen and oxygen atoms in total. The van der Waals surface area contributed by atoms with Crippen LogP contribution in [0.25, 0.3) is 0 Å². The summed E-state index contributed by atoms with van der Waals surface area (Å²) in [5.74, 6) is 2.33.